The zero-order valence-corrected chi connectivity index (χ0v) is 16.5. The fraction of sp³-hybridized carbons (Fsp3) is 0.409. The van der Waals surface area contributed by atoms with Crippen molar-refractivity contribution in [2.45, 2.75) is 25.4 Å². The number of carbonyl (C=O) groups excluding carboxylic acids is 1. The van der Waals surface area contributed by atoms with Crippen molar-refractivity contribution < 1.29 is 14.3 Å². The zero-order chi connectivity index (χ0) is 19.5. The number of methoxy groups -OCH3 is 2. The number of hydrogen-bond donors (Lipinski definition) is 1. The highest BCUT2D eigenvalue weighted by molar-refractivity contribution is 5.90. The van der Waals surface area contributed by atoms with E-state index in [1.807, 2.05) is 4.90 Å². The molecule has 1 unspecified atom stereocenters. The number of carbonyl (C=O) groups is 1. The zero-order valence-electron chi connectivity index (χ0n) is 16.5. The van der Waals surface area contributed by atoms with E-state index in [1.54, 1.807) is 32.4 Å². The summed E-state index contributed by atoms with van der Waals surface area (Å²) in [5.74, 6) is 1.31. The molecule has 0 aliphatic carbocycles. The number of fused-ring (bicyclic) bond motifs is 1. The number of urea groups is 1. The van der Waals surface area contributed by atoms with Crippen molar-refractivity contribution >= 4 is 11.7 Å². The molecule has 0 saturated carbocycles. The van der Waals surface area contributed by atoms with Crippen LogP contribution in [0.4, 0.5) is 10.5 Å². The molecule has 28 heavy (non-hydrogen) atoms. The average molecular weight is 381 g/mol. The maximum atomic E-state index is 12.8. The second kappa shape index (κ2) is 8.10. The Balaban J connectivity index is 1.37. The number of anilines is 1. The van der Waals surface area contributed by atoms with Gasteiger partial charge in [0.2, 0.25) is 0 Å². The second-order valence-corrected chi connectivity index (χ2v) is 7.41. The van der Waals surface area contributed by atoms with Crippen LogP contribution < -0.4 is 14.8 Å². The molecule has 6 heteroatoms. The Labute approximate surface area is 166 Å². The molecule has 4 rings (SSSR count). The average Bonchev–Trinajstić information content (AvgIpc) is 3.23. The van der Waals surface area contributed by atoms with Crippen LogP contribution in [0.2, 0.25) is 0 Å². The molecule has 1 N–H and O–H groups in total. The normalized spacial score (nSPS) is 19.2. The Morgan fingerprint density at radius 3 is 2.46 bits per heavy atom. The van der Waals surface area contributed by atoms with Gasteiger partial charge in [-0.05, 0) is 24.0 Å². The Morgan fingerprint density at radius 2 is 1.75 bits per heavy atom. The lowest BCUT2D eigenvalue weighted by atomic mass is 9.98. The van der Waals surface area contributed by atoms with Crippen LogP contribution >= 0.6 is 0 Å². The van der Waals surface area contributed by atoms with Crippen LogP contribution in [-0.2, 0) is 13.0 Å². The van der Waals surface area contributed by atoms with Crippen molar-refractivity contribution in [2.75, 3.05) is 39.2 Å². The van der Waals surface area contributed by atoms with Gasteiger partial charge < -0.3 is 19.7 Å². The highest BCUT2D eigenvalue weighted by atomic mass is 16.5. The number of likely N-dealkylation sites (tertiary alicyclic amines) is 1. The third-order valence-electron chi connectivity index (χ3n) is 5.73. The van der Waals surface area contributed by atoms with Crippen LogP contribution in [0.15, 0.2) is 42.5 Å². The molecule has 1 atom stereocenters. The van der Waals surface area contributed by atoms with Crippen molar-refractivity contribution in [1.29, 1.82) is 0 Å². The van der Waals surface area contributed by atoms with Gasteiger partial charge in [0.15, 0.2) is 0 Å². The molecule has 0 spiro atoms. The summed E-state index contributed by atoms with van der Waals surface area (Å²) in [6.07, 6.45) is 2.10. The number of nitrogens with zero attached hydrogens (tertiary/aromatic N) is 2. The van der Waals surface area contributed by atoms with E-state index in [1.165, 1.54) is 11.1 Å². The number of amides is 2. The summed E-state index contributed by atoms with van der Waals surface area (Å²) in [7, 11) is 3.20. The fourth-order valence-electron chi connectivity index (χ4n) is 4.14. The van der Waals surface area contributed by atoms with E-state index in [2.05, 4.69) is 34.5 Å². The van der Waals surface area contributed by atoms with Crippen LogP contribution in [0.5, 0.6) is 11.5 Å². The van der Waals surface area contributed by atoms with Gasteiger partial charge >= 0.3 is 6.03 Å². The number of ether oxygens (including phenoxy) is 2. The van der Waals surface area contributed by atoms with Gasteiger partial charge in [-0.2, -0.15) is 0 Å². The third-order valence-corrected chi connectivity index (χ3v) is 5.73. The molecule has 1 saturated heterocycles. The van der Waals surface area contributed by atoms with Gasteiger partial charge in [-0.3, -0.25) is 4.90 Å². The highest BCUT2D eigenvalue weighted by Crippen LogP contribution is 2.27. The number of hydrogen-bond acceptors (Lipinski definition) is 4. The molecular formula is C22H27N3O3. The molecule has 0 bridgehead atoms. The van der Waals surface area contributed by atoms with Gasteiger partial charge in [0.05, 0.1) is 14.2 Å². The molecular weight excluding hydrogens is 354 g/mol. The van der Waals surface area contributed by atoms with Crippen LogP contribution in [-0.4, -0.2) is 55.7 Å². The van der Waals surface area contributed by atoms with Crippen LogP contribution in [0.25, 0.3) is 0 Å². The summed E-state index contributed by atoms with van der Waals surface area (Å²) in [6, 6.07) is 14.4. The van der Waals surface area contributed by atoms with E-state index in [0.29, 0.717) is 23.2 Å². The first kappa shape index (κ1) is 18.6. The van der Waals surface area contributed by atoms with E-state index in [4.69, 9.17) is 9.47 Å². The minimum absolute atomic E-state index is 0.0739. The van der Waals surface area contributed by atoms with E-state index in [-0.39, 0.29) is 6.03 Å². The maximum absolute atomic E-state index is 12.8. The molecule has 2 aliphatic rings. The lowest BCUT2D eigenvalue weighted by Crippen LogP contribution is -2.42. The largest absolute Gasteiger partial charge is 0.497 e. The van der Waals surface area contributed by atoms with Gasteiger partial charge in [0.1, 0.15) is 11.5 Å². The first-order chi connectivity index (χ1) is 13.7. The van der Waals surface area contributed by atoms with Gasteiger partial charge in [-0.25, -0.2) is 4.79 Å². The summed E-state index contributed by atoms with van der Waals surface area (Å²) < 4.78 is 10.6. The summed E-state index contributed by atoms with van der Waals surface area (Å²) in [5.41, 5.74) is 3.55. The Bertz CT molecular complexity index is 832. The highest BCUT2D eigenvalue weighted by Gasteiger charge is 2.32. The van der Waals surface area contributed by atoms with Crippen LogP contribution in [0.3, 0.4) is 0 Å². The minimum Gasteiger partial charge on any atom is -0.497 e. The Hall–Kier alpha value is -2.73. The third kappa shape index (κ3) is 3.92. The summed E-state index contributed by atoms with van der Waals surface area (Å²) >= 11 is 0. The lowest BCUT2D eigenvalue weighted by Gasteiger charge is -2.33. The fourth-order valence-corrected chi connectivity index (χ4v) is 4.14. The van der Waals surface area contributed by atoms with Gasteiger partial charge in [-0.15, -0.1) is 0 Å². The molecule has 2 amide bonds. The SMILES string of the molecule is COc1cc(NC(=O)N2CCC(N3CCc4ccccc4C3)C2)cc(OC)c1. The summed E-state index contributed by atoms with van der Waals surface area (Å²) in [4.78, 5) is 17.2. The predicted molar refractivity (Wildman–Crippen MR) is 109 cm³/mol. The topological polar surface area (TPSA) is 54.0 Å². The maximum Gasteiger partial charge on any atom is 0.321 e. The van der Waals surface area contributed by atoms with Gasteiger partial charge in [0, 0.05) is 56.1 Å². The second-order valence-electron chi connectivity index (χ2n) is 7.41. The first-order valence-corrected chi connectivity index (χ1v) is 9.76. The standard InChI is InChI=1S/C22H27N3O3/c1-27-20-11-18(12-21(13-20)28-2)23-22(26)25-10-8-19(15-25)24-9-7-16-5-3-4-6-17(16)14-24/h3-6,11-13,19H,7-10,14-15H2,1-2H3,(H,23,26). The van der Waals surface area contributed by atoms with Crippen LogP contribution in [0, 0.1) is 0 Å². The molecule has 2 aliphatic heterocycles. The quantitative estimate of drug-likeness (QED) is 0.882. The molecule has 0 radical (unpaired) electrons. The van der Waals surface area contributed by atoms with Crippen molar-refractivity contribution in [3.05, 3.63) is 53.6 Å². The molecule has 1 fully saturated rings. The van der Waals surface area contributed by atoms with Gasteiger partial charge in [0.25, 0.3) is 0 Å². The smallest absolute Gasteiger partial charge is 0.321 e. The predicted octanol–water partition coefficient (Wildman–Crippen LogP) is 3.37. The van der Waals surface area contributed by atoms with Crippen molar-refractivity contribution in [2.24, 2.45) is 0 Å². The van der Waals surface area contributed by atoms with Crippen molar-refractivity contribution in [3.63, 3.8) is 0 Å². The van der Waals surface area contributed by atoms with E-state index in [9.17, 15) is 4.79 Å². The summed E-state index contributed by atoms with van der Waals surface area (Å²) in [5, 5.41) is 2.98. The Kier molecular flexibility index (Phi) is 5.39. The lowest BCUT2D eigenvalue weighted by molar-refractivity contribution is 0.177. The molecule has 0 aromatic heterocycles. The molecule has 2 heterocycles. The minimum atomic E-state index is -0.0739. The molecule has 148 valence electrons. The number of benzene rings is 2. The van der Waals surface area contributed by atoms with Crippen LogP contribution in [0.1, 0.15) is 17.5 Å². The van der Waals surface area contributed by atoms with E-state index < -0.39 is 0 Å². The monoisotopic (exact) mass is 381 g/mol. The van der Waals surface area contributed by atoms with Crippen molar-refractivity contribution in [3.8, 4) is 11.5 Å². The first-order valence-electron chi connectivity index (χ1n) is 9.76. The Morgan fingerprint density at radius 1 is 1.04 bits per heavy atom. The molecule has 2 aromatic rings. The number of nitrogens with one attached hydrogen (secondary N) is 1. The van der Waals surface area contributed by atoms with Gasteiger partial charge in [-0.1, -0.05) is 24.3 Å². The van der Waals surface area contributed by atoms with E-state index >= 15 is 0 Å². The number of rotatable bonds is 4. The molecule has 6 nitrogen and oxygen atoms in total. The van der Waals surface area contributed by atoms with Crippen molar-refractivity contribution in [1.82, 2.24) is 9.80 Å². The summed E-state index contributed by atoms with van der Waals surface area (Å²) in [6.45, 7) is 3.57. The van der Waals surface area contributed by atoms with E-state index in [0.717, 1.165) is 39.0 Å². The molecule has 2 aromatic carbocycles.